The van der Waals surface area contributed by atoms with Crippen LogP contribution in [0.5, 0.6) is 0 Å². The molecule has 0 aliphatic heterocycles. The van der Waals surface area contributed by atoms with Crippen LogP contribution < -0.4 is 10.5 Å². The number of oxazole rings is 1. The Balaban J connectivity index is 2.04. The number of aryl methyl sites for hydroxylation is 3. The number of hydrogen-bond acceptors (Lipinski definition) is 4. The summed E-state index contributed by atoms with van der Waals surface area (Å²) in [4.78, 5) is 13.9. The third-order valence-corrected chi connectivity index (χ3v) is 5.23. The number of aromatic amines is 1. The van der Waals surface area contributed by atoms with Crippen LogP contribution in [0.15, 0.2) is 44.4 Å². The predicted molar refractivity (Wildman–Crippen MR) is 88.3 cm³/mol. The summed E-state index contributed by atoms with van der Waals surface area (Å²) >= 11 is 0. The van der Waals surface area contributed by atoms with E-state index in [1.807, 2.05) is 19.1 Å². The summed E-state index contributed by atoms with van der Waals surface area (Å²) < 4.78 is 32.8. The molecule has 3 rings (SSSR count). The normalized spacial score (nSPS) is 11.8. The fourth-order valence-corrected chi connectivity index (χ4v) is 4.31. The zero-order valence-corrected chi connectivity index (χ0v) is 13.7. The molecule has 1 heterocycles. The lowest BCUT2D eigenvalue weighted by molar-refractivity contribution is 0.555. The lowest BCUT2D eigenvalue weighted by atomic mass is 10.1. The first kappa shape index (κ1) is 15.4. The summed E-state index contributed by atoms with van der Waals surface area (Å²) in [5, 5.41) is 0. The van der Waals surface area contributed by atoms with E-state index in [0.717, 1.165) is 5.56 Å². The van der Waals surface area contributed by atoms with Gasteiger partial charge < -0.3 is 4.42 Å². The summed E-state index contributed by atoms with van der Waals surface area (Å²) in [6.07, 6.45) is 0. The Bertz CT molecular complexity index is 1040. The van der Waals surface area contributed by atoms with Gasteiger partial charge in [0.25, 0.3) is 10.0 Å². The van der Waals surface area contributed by atoms with Crippen molar-refractivity contribution in [3.63, 3.8) is 0 Å². The molecule has 0 saturated heterocycles. The van der Waals surface area contributed by atoms with Gasteiger partial charge in [-0.2, -0.15) is 0 Å². The van der Waals surface area contributed by atoms with E-state index in [4.69, 9.17) is 4.42 Å². The second-order valence-electron chi connectivity index (χ2n) is 5.56. The van der Waals surface area contributed by atoms with Gasteiger partial charge in [-0.25, -0.2) is 13.2 Å². The molecule has 120 valence electrons. The number of fused-ring (bicyclic) bond motifs is 1. The number of anilines is 1. The maximum absolute atomic E-state index is 12.7. The fraction of sp³-hybridized carbons (Fsp3) is 0.188. The van der Waals surface area contributed by atoms with Crippen LogP contribution in [0.2, 0.25) is 0 Å². The first-order valence-corrected chi connectivity index (χ1v) is 8.48. The molecular weight excluding hydrogens is 316 g/mol. The average molecular weight is 332 g/mol. The molecule has 0 amide bonds. The molecule has 23 heavy (non-hydrogen) atoms. The molecule has 0 unspecified atom stereocenters. The van der Waals surface area contributed by atoms with Crippen LogP contribution in [-0.4, -0.2) is 13.4 Å². The average Bonchev–Trinajstić information content (AvgIpc) is 2.75. The Morgan fingerprint density at radius 3 is 2.35 bits per heavy atom. The van der Waals surface area contributed by atoms with Crippen molar-refractivity contribution < 1.29 is 12.8 Å². The second-order valence-corrected chi connectivity index (χ2v) is 7.18. The van der Waals surface area contributed by atoms with Crippen LogP contribution in [0.3, 0.4) is 0 Å². The van der Waals surface area contributed by atoms with E-state index >= 15 is 0 Å². The third-order valence-electron chi connectivity index (χ3n) is 3.55. The number of nitrogens with one attached hydrogen (secondary N) is 2. The number of sulfonamides is 1. The molecule has 0 spiro atoms. The fourth-order valence-electron chi connectivity index (χ4n) is 2.81. The summed E-state index contributed by atoms with van der Waals surface area (Å²) in [5.41, 5.74) is 3.52. The molecule has 1 aromatic heterocycles. The first-order chi connectivity index (χ1) is 10.8. The zero-order chi connectivity index (χ0) is 16.8. The van der Waals surface area contributed by atoms with E-state index in [2.05, 4.69) is 9.71 Å². The van der Waals surface area contributed by atoms with Gasteiger partial charge >= 0.3 is 5.76 Å². The van der Waals surface area contributed by atoms with E-state index in [1.54, 1.807) is 26.0 Å². The van der Waals surface area contributed by atoms with Crippen LogP contribution in [0.1, 0.15) is 16.7 Å². The smallest absolute Gasteiger partial charge is 0.408 e. The van der Waals surface area contributed by atoms with Crippen molar-refractivity contribution in [1.29, 1.82) is 0 Å². The molecule has 0 saturated carbocycles. The molecule has 3 aromatic rings. The van der Waals surface area contributed by atoms with Crippen LogP contribution in [0, 0.1) is 20.8 Å². The third kappa shape index (κ3) is 2.87. The maximum Gasteiger partial charge on any atom is 0.417 e. The standard InChI is InChI=1S/C16H16N2O4S/c1-9-6-10(2)15(11(3)7-9)23(20,21)18-12-4-5-13-14(8-12)22-16(19)17-13/h4-8,18H,1-3H3,(H,17,19). The lowest BCUT2D eigenvalue weighted by Gasteiger charge is -2.13. The number of rotatable bonds is 3. The summed E-state index contributed by atoms with van der Waals surface area (Å²) in [6, 6.07) is 8.30. The van der Waals surface area contributed by atoms with Crippen molar-refractivity contribution >= 4 is 26.8 Å². The van der Waals surface area contributed by atoms with Gasteiger partial charge in [0, 0.05) is 6.07 Å². The van der Waals surface area contributed by atoms with Gasteiger partial charge in [-0.1, -0.05) is 17.7 Å². The molecule has 6 nitrogen and oxygen atoms in total. The predicted octanol–water partition coefficient (Wildman–Crippen LogP) is 2.85. The summed E-state index contributed by atoms with van der Waals surface area (Å²) in [7, 11) is -3.73. The van der Waals surface area contributed by atoms with E-state index in [1.165, 1.54) is 6.07 Å². The summed E-state index contributed by atoms with van der Waals surface area (Å²) in [5.74, 6) is -0.578. The molecule has 0 bridgehead atoms. The van der Waals surface area contributed by atoms with Crippen LogP contribution in [0.4, 0.5) is 5.69 Å². The minimum Gasteiger partial charge on any atom is -0.408 e. The van der Waals surface area contributed by atoms with Crippen LogP contribution >= 0.6 is 0 Å². The second kappa shape index (κ2) is 5.27. The van der Waals surface area contributed by atoms with Gasteiger partial charge in [-0.05, 0) is 44.0 Å². The SMILES string of the molecule is Cc1cc(C)c(S(=O)(=O)Nc2ccc3[nH]c(=O)oc3c2)c(C)c1. The van der Waals surface area contributed by atoms with Gasteiger partial charge in [-0.15, -0.1) is 0 Å². The largest absolute Gasteiger partial charge is 0.417 e. The quantitative estimate of drug-likeness (QED) is 0.771. The highest BCUT2D eigenvalue weighted by molar-refractivity contribution is 7.92. The van der Waals surface area contributed by atoms with E-state index in [-0.39, 0.29) is 4.90 Å². The Hall–Kier alpha value is -2.54. The number of hydrogen-bond donors (Lipinski definition) is 2. The number of benzene rings is 2. The van der Waals surface area contributed by atoms with Gasteiger partial charge in [0.05, 0.1) is 16.1 Å². The molecule has 0 fully saturated rings. The maximum atomic E-state index is 12.7. The van der Waals surface area contributed by atoms with Crippen molar-refractivity contribution in [3.05, 3.63) is 57.6 Å². The Morgan fingerprint density at radius 2 is 1.70 bits per heavy atom. The first-order valence-electron chi connectivity index (χ1n) is 7.00. The number of aromatic nitrogens is 1. The molecule has 2 aromatic carbocycles. The zero-order valence-electron chi connectivity index (χ0n) is 12.9. The van der Waals surface area contributed by atoms with Gasteiger partial charge in [0.1, 0.15) is 0 Å². The highest BCUT2D eigenvalue weighted by Gasteiger charge is 2.20. The monoisotopic (exact) mass is 332 g/mol. The molecule has 7 heteroatoms. The van der Waals surface area contributed by atoms with E-state index < -0.39 is 15.8 Å². The summed E-state index contributed by atoms with van der Waals surface area (Å²) in [6.45, 7) is 5.46. The topological polar surface area (TPSA) is 92.2 Å². The van der Waals surface area contributed by atoms with E-state index in [9.17, 15) is 13.2 Å². The molecule has 0 radical (unpaired) electrons. The Morgan fingerprint density at radius 1 is 1.04 bits per heavy atom. The Kier molecular flexibility index (Phi) is 3.52. The van der Waals surface area contributed by atoms with Crippen molar-refractivity contribution in [2.24, 2.45) is 0 Å². The molecule has 0 aliphatic carbocycles. The van der Waals surface area contributed by atoms with E-state index in [0.29, 0.717) is 27.9 Å². The van der Waals surface area contributed by atoms with Gasteiger partial charge in [-0.3, -0.25) is 9.71 Å². The van der Waals surface area contributed by atoms with Crippen molar-refractivity contribution in [3.8, 4) is 0 Å². The molecule has 0 aliphatic rings. The molecule has 2 N–H and O–H groups in total. The van der Waals surface area contributed by atoms with Crippen LogP contribution in [-0.2, 0) is 10.0 Å². The minimum absolute atomic E-state index is 0.263. The molecular formula is C16H16N2O4S. The van der Waals surface area contributed by atoms with Gasteiger partial charge in [0.15, 0.2) is 5.58 Å². The Labute approximate surface area is 133 Å². The minimum atomic E-state index is -3.73. The van der Waals surface area contributed by atoms with Crippen molar-refractivity contribution in [2.45, 2.75) is 25.7 Å². The highest BCUT2D eigenvalue weighted by Crippen LogP contribution is 2.25. The lowest BCUT2D eigenvalue weighted by Crippen LogP contribution is -2.15. The highest BCUT2D eigenvalue weighted by atomic mass is 32.2. The number of H-pyrrole nitrogens is 1. The van der Waals surface area contributed by atoms with Crippen molar-refractivity contribution in [1.82, 2.24) is 4.98 Å². The molecule has 0 atom stereocenters. The van der Waals surface area contributed by atoms with Gasteiger partial charge in [0.2, 0.25) is 0 Å². The van der Waals surface area contributed by atoms with Crippen LogP contribution in [0.25, 0.3) is 11.1 Å². The van der Waals surface area contributed by atoms with Crippen molar-refractivity contribution in [2.75, 3.05) is 4.72 Å².